The fourth-order valence-corrected chi connectivity index (χ4v) is 5.58. The molecule has 0 aliphatic heterocycles. The van der Waals surface area contributed by atoms with Crippen LogP contribution in [0.4, 0.5) is 37.7 Å². The Hall–Kier alpha value is -6.20. The van der Waals surface area contributed by atoms with E-state index >= 15 is 0 Å². The predicted molar refractivity (Wildman–Crippen MR) is 194 cm³/mol. The molecule has 0 bridgehead atoms. The van der Waals surface area contributed by atoms with Gasteiger partial charge in [-0.2, -0.15) is 26.3 Å². The Morgan fingerprint density at radius 1 is 0.797 bits per heavy atom. The number of ether oxygens (including phenoxy) is 3. The van der Waals surface area contributed by atoms with Crippen LogP contribution in [0, 0.1) is 20.2 Å². The van der Waals surface area contributed by atoms with Gasteiger partial charge in [0.1, 0.15) is 34.1 Å². The smallest absolute Gasteiger partial charge is 0.416 e. The number of rotatable bonds is 12. The topological polar surface area (TPSA) is 232 Å². The molecule has 0 heterocycles. The number of carbonyl (C=O) groups excluding carboxylic acids is 2. The summed E-state index contributed by atoms with van der Waals surface area (Å²) in [5.41, 5.74) is -5.29. The van der Waals surface area contributed by atoms with E-state index in [-0.39, 0.29) is 35.2 Å². The van der Waals surface area contributed by atoms with E-state index in [1.165, 1.54) is 13.8 Å². The Bertz CT molecular complexity index is 2430. The van der Waals surface area contributed by atoms with Crippen molar-refractivity contribution in [3.63, 3.8) is 0 Å². The Kier molecular flexibility index (Phi) is 14.9. The lowest BCUT2D eigenvalue weighted by atomic mass is 9.95. The normalized spacial score (nSPS) is 12.0. The second-order valence-corrected chi connectivity index (χ2v) is 14.1. The van der Waals surface area contributed by atoms with Crippen molar-refractivity contribution in [2.75, 3.05) is 12.9 Å². The second kappa shape index (κ2) is 18.6. The van der Waals surface area contributed by atoms with Crippen LogP contribution >= 0.6 is 23.2 Å². The molecule has 0 aliphatic carbocycles. The lowest BCUT2D eigenvalue weighted by Gasteiger charge is -2.16. The summed E-state index contributed by atoms with van der Waals surface area (Å²) in [5, 5.41) is 31.2. The zero-order valence-corrected chi connectivity index (χ0v) is 32.1. The predicted octanol–water partition coefficient (Wildman–Crippen LogP) is 9.17. The molecule has 0 spiro atoms. The van der Waals surface area contributed by atoms with Crippen LogP contribution in [0.2, 0.25) is 10.0 Å². The van der Waals surface area contributed by atoms with Crippen LogP contribution in [0.5, 0.6) is 23.0 Å². The zero-order chi connectivity index (χ0) is 44.8. The van der Waals surface area contributed by atoms with Gasteiger partial charge in [-0.05, 0) is 62.4 Å². The largest absolute Gasteiger partial charge is 0.477 e. The number of nitrogens with zero attached hydrogens (tertiary/aromatic N) is 2. The Labute approximate surface area is 337 Å². The summed E-state index contributed by atoms with van der Waals surface area (Å²) in [6.45, 7) is 2.79. The van der Waals surface area contributed by atoms with Gasteiger partial charge in [-0.1, -0.05) is 23.2 Å². The maximum Gasteiger partial charge on any atom is 0.416 e. The van der Waals surface area contributed by atoms with Crippen LogP contribution in [-0.2, 0) is 31.9 Å². The number of benzene rings is 4. The minimum Gasteiger partial charge on any atom is -0.477 e. The summed E-state index contributed by atoms with van der Waals surface area (Å²) < 4.78 is 116. The summed E-state index contributed by atoms with van der Waals surface area (Å²) in [6, 6.07) is 9.18. The molecule has 4 rings (SSSR count). The number of esters is 1. The van der Waals surface area contributed by atoms with Crippen LogP contribution in [0.1, 0.15) is 57.2 Å². The number of amides is 1. The molecule has 0 radical (unpaired) electrons. The number of carboxylic acids is 1. The first-order valence-corrected chi connectivity index (χ1v) is 18.4. The molecule has 1 unspecified atom stereocenters. The van der Waals surface area contributed by atoms with Gasteiger partial charge in [0.15, 0.2) is 0 Å². The fourth-order valence-electron chi connectivity index (χ4n) is 4.70. The molecule has 316 valence electrons. The van der Waals surface area contributed by atoms with Gasteiger partial charge < -0.3 is 19.3 Å². The van der Waals surface area contributed by atoms with Crippen molar-refractivity contribution in [3.8, 4) is 23.0 Å². The first-order chi connectivity index (χ1) is 27.1. The van der Waals surface area contributed by atoms with Gasteiger partial charge in [-0.3, -0.25) is 29.8 Å². The summed E-state index contributed by atoms with van der Waals surface area (Å²) in [6.07, 6.45) is -8.58. The van der Waals surface area contributed by atoms with E-state index in [2.05, 4.69) is 0 Å². The number of carbonyl (C=O) groups is 3. The third-order valence-electron chi connectivity index (χ3n) is 7.29. The van der Waals surface area contributed by atoms with Crippen molar-refractivity contribution in [1.82, 2.24) is 4.72 Å². The lowest BCUT2D eigenvalue weighted by Crippen LogP contribution is -2.29. The Morgan fingerprint density at radius 2 is 1.29 bits per heavy atom. The summed E-state index contributed by atoms with van der Waals surface area (Å²) in [7, 11) is -4.00. The summed E-state index contributed by atoms with van der Waals surface area (Å²) >= 11 is 11.6. The third-order valence-corrected chi connectivity index (χ3v) is 8.44. The highest BCUT2D eigenvalue weighted by molar-refractivity contribution is 7.89. The molecule has 0 saturated carbocycles. The average molecular weight is 901 g/mol. The van der Waals surface area contributed by atoms with E-state index in [0.29, 0.717) is 30.5 Å². The maximum atomic E-state index is 12.8. The van der Waals surface area contributed by atoms with Crippen molar-refractivity contribution < 1.29 is 78.3 Å². The summed E-state index contributed by atoms with van der Waals surface area (Å²) in [4.78, 5) is 56.4. The van der Waals surface area contributed by atoms with Crippen LogP contribution < -0.4 is 14.2 Å². The van der Waals surface area contributed by atoms with Crippen molar-refractivity contribution in [1.29, 1.82) is 0 Å². The number of nitrogens with one attached hydrogen (secondary N) is 1. The number of nitro benzene ring substituents is 2. The van der Waals surface area contributed by atoms with Crippen LogP contribution in [0.3, 0.4) is 0 Å². The lowest BCUT2D eigenvalue weighted by molar-refractivity contribution is -0.386. The van der Waals surface area contributed by atoms with Crippen LogP contribution in [-0.4, -0.2) is 54.1 Å². The Balaban J connectivity index is 0.000000317. The standard InChI is InChI=1S/C19H15ClF3NO7.C15H10ClF3N2O6S/c1-3-30-18(27)9(2)12-7-11(8-13(17(25)26)16(12)24(28)29)31-15-5-4-10(6-14(15)20)19(21,22)23;1-28(25,26)20-14(22)10-7-9(3-4-12(10)21(23)24)27-13-5-2-8(6-11(13)16)15(17,18)19/h4-9H,3H2,1-2H3,(H,25,26);2-7H,1H3,(H,20,22). The molecular weight excluding hydrogens is 875 g/mol. The molecule has 0 saturated heterocycles. The van der Waals surface area contributed by atoms with E-state index < -0.39 is 99.7 Å². The molecule has 4 aromatic rings. The highest BCUT2D eigenvalue weighted by Crippen LogP contribution is 2.41. The highest BCUT2D eigenvalue weighted by atomic mass is 35.5. The van der Waals surface area contributed by atoms with Gasteiger partial charge >= 0.3 is 24.3 Å². The van der Waals surface area contributed by atoms with Crippen LogP contribution in [0.15, 0.2) is 66.7 Å². The number of halogens is 8. The molecule has 59 heavy (non-hydrogen) atoms. The Morgan fingerprint density at radius 3 is 1.69 bits per heavy atom. The molecule has 2 N–H and O–H groups in total. The van der Waals surface area contributed by atoms with E-state index in [0.717, 1.165) is 42.5 Å². The van der Waals surface area contributed by atoms with Crippen LogP contribution in [0.25, 0.3) is 0 Å². The quantitative estimate of drug-likeness (QED) is 0.0585. The molecule has 1 atom stereocenters. The molecule has 0 fully saturated rings. The SMILES string of the molecule is CCOC(=O)C(C)c1cc(Oc2ccc(C(F)(F)F)cc2Cl)cc(C(=O)O)c1[N+](=O)[O-].CS(=O)(=O)NC(=O)c1cc(Oc2ccc(C(F)(F)F)cc2Cl)ccc1[N+](=O)[O-]. The number of nitro groups is 2. The van der Waals surface area contributed by atoms with E-state index in [4.69, 9.17) is 37.4 Å². The monoisotopic (exact) mass is 899 g/mol. The van der Waals surface area contributed by atoms with Gasteiger partial charge in [0.2, 0.25) is 10.0 Å². The highest BCUT2D eigenvalue weighted by Gasteiger charge is 2.34. The van der Waals surface area contributed by atoms with Gasteiger partial charge in [-0.25, -0.2) is 17.9 Å². The number of carboxylic acid groups (broad SMARTS) is 1. The fraction of sp³-hybridized carbons (Fsp3) is 0.206. The van der Waals surface area contributed by atoms with Crippen molar-refractivity contribution >= 4 is 62.4 Å². The number of hydrogen-bond donors (Lipinski definition) is 2. The molecule has 1 amide bonds. The first-order valence-electron chi connectivity index (χ1n) is 15.8. The molecule has 16 nitrogen and oxygen atoms in total. The number of sulfonamides is 1. The van der Waals surface area contributed by atoms with E-state index in [1.54, 1.807) is 4.72 Å². The minimum absolute atomic E-state index is 0.0138. The third kappa shape index (κ3) is 12.6. The second-order valence-electron chi connectivity index (χ2n) is 11.6. The zero-order valence-electron chi connectivity index (χ0n) is 29.8. The average Bonchev–Trinajstić information content (AvgIpc) is 3.11. The van der Waals surface area contributed by atoms with Gasteiger partial charge in [0, 0.05) is 23.8 Å². The van der Waals surface area contributed by atoms with Crippen molar-refractivity contribution in [2.45, 2.75) is 32.1 Å². The van der Waals surface area contributed by atoms with Gasteiger partial charge in [-0.15, -0.1) is 0 Å². The van der Waals surface area contributed by atoms with Gasteiger partial charge in [0.05, 0.1) is 49.8 Å². The van der Waals surface area contributed by atoms with E-state index in [9.17, 15) is 74.5 Å². The maximum absolute atomic E-state index is 12.8. The molecule has 4 aromatic carbocycles. The molecule has 25 heteroatoms. The number of aromatic carboxylic acids is 1. The van der Waals surface area contributed by atoms with Gasteiger partial charge in [0.25, 0.3) is 17.3 Å². The first kappa shape index (κ1) is 47.2. The minimum atomic E-state index is -4.64. The van der Waals surface area contributed by atoms with Crippen molar-refractivity contribution in [3.05, 3.63) is 125 Å². The number of hydrogen-bond acceptors (Lipinski definition) is 12. The molecular formula is C34H25Cl2F6N3O13S. The molecule has 0 aromatic heterocycles. The molecule has 0 aliphatic rings. The summed E-state index contributed by atoms with van der Waals surface area (Å²) in [5.74, 6) is -5.96. The van der Waals surface area contributed by atoms with Crippen molar-refractivity contribution in [2.24, 2.45) is 0 Å². The number of alkyl halides is 6. The van der Waals surface area contributed by atoms with E-state index in [1.807, 2.05) is 0 Å².